The van der Waals surface area contributed by atoms with Crippen molar-refractivity contribution in [1.29, 1.82) is 0 Å². The number of amides is 2. The molecule has 0 spiro atoms. The highest BCUT2D eigenvalue weighted by molar-refractivity contribution is 9.12. The summed E-state index contributed by atoms with van der Waals surface area (Å²) in [6.07, 6.45) is 0. The largest absolute Gasteiger partial charge is 0.464 e. The maximum Gasteiger partial charge on any atom is 0.302 e. The molecule has 24 heavy (non-hydrogen) atoms. The average molecular weight is 530 g/mol. The van der Waals surface area contributed by atoms with Gasteiger partial charge in [-0.1, -0.05) is 0 Å². The Labute approximate surface area is 164 Å². The standard InChI is InChI=1S/C14H16Br3N3O4/c1-6(21)20(3)13-10(16)8(9(15)12(18)11(13)17)14(23)19-4-5-24-7(2)22/h4-5,18H2,1-3H3,(H,19,23). The summed E-state index contributed by atoms with van der Waals surface area (Å²) in [5.74, 6) is -1.08. The van der Waals surface area contributed by atoms with Crippen LogP contribution in [0.1, 0.15) is 24.2 Å². The van der Waals surface area contributed by atoms with Crippen molar-refractivity contribution >= 4 is 76.9 Å². The number of carbonyl (C=O) groups is 3. The number of nitrogens with zero attached hydrogens (tertiary/aromatic N) is 1. The van der Waals surface area contributed by atoms with Gasteiger partial charge in [0.05, 0.1) is 36.9 Å². The molecule has 132 valence electrons. The molecule has 3 N–H and O–H groups in total. The second-order valence-corrected chi connectivity index (χ2v) is 7.13. The number of nitrogens with two attached hydrogens (primary N) is 1. The molecule has 0 saturated carbocycles. The minimum absolute atomic E-state index is 0.0581. The van der Waals surface area contributed by atoms with E-state index in [1.54, 1.807) is 7.05 Å². The number of rotatable bonds is 5. The fourth-order valence-corrected chi connectivity index (χ4v) is 4.65. The molecule has 1 aromatic rings. The van der Waals surface area contributed by atoms with Crippen molar-refractivity contribution < 1.29 is 19.1 Å². The van der Waals surface area contributed by atoms with Crippen molar-refractivity contribution in [2.24, 2.45) is 0 Å². The lowest BCUT2D eigenvalue weighted by Gasteiger charge is -2.23. The minimum atomic E-state index is -0.432. The lowest BCUT2D eigenvalue weighted by Crippen LogP contribution is -2.30. The third-order valence-electron chi connectivity index (χ3n) is 3.06. The molecular weight excluding hydrogens is 514 g/mol. The first-order chi connectivity index (χ1) is 11.1. The van der Waals surface area contributed by atoms with Gasteiger partial charge in [0.2, 0.25) is 5.91 Å². The van der Waals surface area contributed by atoms with E-state index in [1.807, 2.05) is 0 Å². The normalized spacial score (nSPS) is 10.2. The summed E-state index contributed by atoms with van der Waals surface area (Å²) >= 11 is 10.0. The molecule has 0 heterocycles. The summed E-state index contributed by atoms with van der Waals surface area (Å²) in [5, 5.41) is 2.63. The van der Waals surface area contributed by atoms with Gasteiger partial charge in [-0.3, -0.25) is 14.4 Å². The molecule has 2 amide bonds. The summed E-state index contributed by atoms with van der Waals surface area (Å²) in [7, 11) is 1.57. The molecule has 1 rings (SSSR count). The summed E-state index contributed by atoms with van der Waals surface area (Å²) in [6, 6.07) is 0. The molecule has 0 aliphatic heterocycles. The molecule has 0 aliphatic rings. The van der Waals surface area contributed by atoms with Gasteiger partial charge >= 0.3 is 5.97 Å². The number of hydrogen-bond acceptors (Lipinski definition) is 5. The molecule has 0 atom stereocenters. The van der Waals surface area contributed by atoms with Gasteiger partial charge in [0, 0.05) is 20.9 Å². The van der Waals surface area contributed by atoms with Crippen LogP contribution in [0, 0.1) is 0 Å². The maximum atomic E-state index is 12.5. The first kappa shape index (κ1) is 20.9. The zero-order valence-corrected chi connectivity index (χ0v) is 18.0. The van der Waals surface area contributed by atoms with Crippen LogP contribution in [0.5, 0.6) is 0 Å². The van der Waals surface area contributed by atoms with Crippen LogP contribution >= 0.6 is 47.8 Å². The van der Waals surface area contributed by atoms with Crippen LogP contribution in [0.3, 0.4) is 0 Å². The Morgan fingerprint density at radius 3 is 2.21 bits per heavy atom. The van der Waals surface area contributed by atoms with Crippen molar-refractivity contribution in [2.45, 2.75) is 13.8 Å². The Hall–Kier alpha value is -1.13. The highest BCUT2D eigenvalue weighted by atomic mass is 79.9. The molecular formula is C14H16Br3N3O4. The van der Waals surface area contributed by atoms with E-state index < -0.39 is 11.9 Å². The SMILES string of the molecule is CC(=O)OCCNC(=O)c1c(Br)c(N)c(Br)c(N(C)C(C)=O)c1Br. The Bertz CT molecular complexity index is 695. The quantitative estimate of drug-likeness (QED) is 0.347. The Morgan fingerprint density at radius 1 is 1.12 bits per heavy atom. The molecule has 0 radical (unpaired) electrons. The van der Waals surface area contributed by atoms with Gasteiger partial charge in [-0.2, -0.15) is 0 Å². The van der Waals surface area contributed by atoms with Gasteiger partial charge in [0.15, 0.2) is 0 Å². The number of ether oxygens (including phenoxy) is 1. The van der Waals surface area contributed by atoms with Crippen molar-refractivity contribution in [3.63, 3.8) is 0 Å². The van der Waals surface area contributed by atoms with Gasteiger partial charge in [-0.15, -0.1) is 0 Å². The number of hydrogen-bond donors (Lipinski definition) is 2. The first-order valence-electron chi connectivity index (χ1n) is 6.71. The van der Waals surface area contributed by atoms with Crippen LogP contribution in [0.15, 0.2) is 13.4 Å². The van der Waals surface area contributed by atoms with Gasteiger partial charge in [0.25, 0.3) is 5.91 Å². The molecule has 0 fully saturated rings. The predicted octanol–water partition coefficient (Wildman–Crippen LogP) is 2.83. The van der Waals surface area contributed by atoms with Gasteiger partial charge in [-0.05, 0) is 47.8 Å². The van der Waals surface area contributed by atoms with E-state index in [0.717, 1.165) is 0 Å². The number of nitrogens with one attached hydrogen (secondary N) is 1. The smallest absolute Gasteiger partial charge is 0.302 e. The molecule has 10 heteroatoms. The molecule has 0 aliphatic carbocycles. The van der Waals surface area contributed by atoms with Gasteiger partial charge in [-0.25, -0.2) is 0 Å². The Kier molecular flexibility index (Phi) is 7.68. The van der Waals surface area contributed by atoms with Crippen LogP contribution in [0.4, 0.5) is 11.4 Å². The third kappa shape index (κ3) is 4.70. The maximum absolute atomic E-state index is 12.5. The van der Waals surface area contributed by atoms with E-state index in [4.69, 9.17) is 10.5 Å². The lowest BCUT2D eigenvalue weighted by molar-refractivity contribution is -0.140. The minimum Gasteiger partial charge on any atom is -0.464 e. The van der Waals surface area contributed by atoms with E-state index >= 15 is 0 Å². The number of esters is 1. The van der Waals surface area contributed by atoms with Gasteiger partial charge < -0.3 is 20.7 Å². The average Bonchev–Trinajstić information content (AvgIpc) is 2.49. The van der Waals surface area contributed by atoms with Crippen LogP contribution in [0.2, 0.25) is 0 Å². The lowest BCUT2D eigenvalue weighted by atomic mass is 10.1. The summed E-state index contributed by atoms with van der Waals surface area (Å²) in [6.45, 7) is 2.89. The van der Waals surface area contributed by atoms with E-state index in [1.165, 1.54) is 18.7 Å². The molecule has 0 bridgehead atoms. The van der Waals surface area contributed by atoms with Crippen LogP contribution in [0.25, 0.3) is 0 Å². The van der Waals surface area contributed by atoms with E-state index in [-0.39, 0.29) is 30.3 Å². The molecule has 0 aromatic heterocycles. The highest BCUT2D eigenvalue weighted by Crippen LogP contribution is 2.45. The van der Waals surface area contributed by atoms with E-state index in [0.29, 0.717) is 19.1 Å². The monoisotopic (exact) mass is 527 g/mol. The van der Waals surface area contributed by atoms with Crippen LogP contribution < -0.4 is 16.0 Å². The summed E-state index contributed by atoms with van der Waals surface area (Å²) < 4.78 is 6.03. The van der Waals surface area contributed by atoms with Crippen molar-refractivity contribution in [3.8, 4) is 0 Å². The van der Waals surface area contributed by atoms with Crippen molar-refractivity contribution in [1.82, 2.24) is 5.32 Å². The number of halogens is 3. The molecule has 0 unspecified atom stereocenters. The Balaban J connectivity index is 3.21. The molecule has 0 saturated heterocycles. The predicted molar refractivity (Wildman–Crippen MR) is 102 cm³/mol. The Morgan fingerprint density at radius 2 is 1.71 bits per heavy atom. The fourth-order valence-electron chi connectivity index (χ4n) is 1.77. The topological polar surface area (TPSA) is 102 Å². The second-order valence-electron chi connectivity index (χ2n) is 4.75. The zero-order valence-electron chi connectivity index (χ0n) is 13.2. The summed E-state index contributed by atoms with van der Waals surface area (Å²) in [4.78, 5) is 36.2. The number of carbonyl (C=O) groups excluding carboxylic acids is 3. The van der Waals surface area contributed by atoms with E-state index in [2.05, 4.69) is 53.1 Å². The zero-order chi connectivity index (χ0) is 18.6. The van der Waals surface area contributed by atoms with Crippen molar-refractivity contribution in [3.05, 3.63) is 19.0 Å². The van der Waals surface area contributed by atoms with E-state index in [9.17, 15) is 14.4 Å². The second kappa shape index (κ2) is 8.82. The van der Waals surface area contributed by atoms with Gasteiger partial charge in [0.1, 0.15) is 6.61 Å². The number of anilines is 2. The molecule has 1 aromatic carbocycles. The first-order valence-corrected chi connectivity index (χ1v) is 9.09. The van der Waals surface area contributed by atoms with Crippen LogP contribution in [-0.4, -0.2) is 38.0 Å². The highest BCUT2D eigenvalue weighted by Gasteiger charge is 2.26. The molecule has 7 nitrogen and oxygen atoms in total. The fraction of sp³-hybridized carbons (Fsp3) is 0.357. The number of nitrogen functional groups attached to an aromatic ring is 1. The third-order valence-corrected chi connectivity index (χ3v) is 5.45. The van der Waals surface area contributed by atoms with Crippen LogP contribution in [-0.2, 0) is 14.3 Å². The summed E-state index contributed by atoms with van der Waals surface area (Å²) in [5.41, 5.74) is 6.98. The number of benzene rings is 1. The van der Waals surface area contributed by atoms with Crippen molar-refractivity contribution in [2.75, 3.05) is 30.8 Å².